The van der Waals surface area contributed by atoms with Gasteiger partial charge in [-0.15, -0.1) is 0 Å². The zero-order valence-electron chi connectivity index (χ0n) is 18.5. The molecule has 0 aliphatic carbocycles. The molecule has 1 saturated heterocycles. The van der Waals surface area contributed by atoms with E-state index in [1.165, 1.54) is 24.3 Å². The Morgan fingerprint density at radius 1 is 0.941 bits per heavy atom. The van der Waals surface area contributed by atoms with E-state index in [1.54, 1.807) is 29.2 Å². The number of amides is 1. The van der Waals surface area contributed by atoms with Gasteiger partial charge >= 0.3 is 0 Å². The molecule has 2 aromatic carbocycles. The fraction of sp³-hybridized carbons (Fsp3) is 0.333. The van der Waals surface area contributed by atoms with Crippen molar-refractivity contribution >= 4 is 28.2 Å². The summed E-state index contributed by atoms with van der Waals surface area (Å²) in [5.41, 5.74) is 2.09. The summed E-state index contributed by atoms with van der Waals surface area (Å²) in [6, 6.07) is 12.2. The minimum atomic E-state index is -0.779. The maximum Gasteiger partial charge on any atom is 0.237 e. The van der Waals surface area contributed by atoms with Crippen molar-refractivity contribution in [1.82, 2.24) is 19.4 Å². The van der Waals surface area contributed by atoms with Crippen molar-refractivity contribution < 1.29 is 17.8 Å². The second kappa shape index (κ2) is 9.63. The molecule has 1 aromatic heterocycles. The number of aromatic nitrogens is 2. The van der Waals surface area contributed by atoms with Gasteiger partial charge in [0.1, 0.15) is 29.0 Å². The third-order valence-electron chi connectivity index (χ3n) is 6.18. The SMILES string of the molecule is O=C(CN1CCS(=O)CC1)N1CCn2c(nc(-c3ccc(F)cc3)c2Nc2ccc(F)cc2)C1. The van der Waals surface area contributed by atoms with Gasteiger partial charge in [-0.3, -0.25) is 13.9 Å². The molecule has 10 heteroatoms. The van der Waals surface area contributed by atoms with Crippen LogP contribution in [0.1, 0.15) is 5.82 Å². The number of benzene rings is 2. The van der Waals surface area contributed by atoms with E-state index in [0.29, 0.717) is 62.2 Å². The molecule has 1 amide bonds. The molecular weight excluding hydrogens is 460 g/mol. The van der Waals surface area contributed by atoms with Gasteiger partial charge in [0.05, 0.1) is 13.1 Å². The smallest absolute Gasteiger partial charge is 0.237 e. The van der Waals surface area contributed by atoms with Crippen molar-refractivity contribution in [1.29, 1.82) is 0 Å². The van der Waals surface area contributed by atoms with Crippen LogP contribution in [0, 0.1) is 11.6 Å². The Bertz CT molecular complexity index is 1200. The summed E-state index contributed by atoms with van der Waals surface area (Å²) in [5.74, 6) is 2.03. The van der Waals surface area contributed by atoms with Gasteiger partial charge in [0.15, 0.2) is 0 Å². The van der Waals surface area contributed by atoms with Crippen molar-refractivity contribution in [2.75, 3.05) is 43.0 Å². The standard InChI is InChI=1S/C24H25F2N5O2S/c25-18-3-1-17(2-4-18)23-24(27-20-7-5-19(26)6-8-20)31-10-9-30(15-21(31)28-23)22(32)16-29-11-13-34(33)14-12-29/h1-8,27H,9-16H2. The molecule has 0 spiro atoms. The van der Waals surface area contributed by atoms with Crippen molar-refractivity contribution in [3.8, 4) is 11.3 Å². The van der Waals surface area contributed by atoms with Crippen molar-refractivity contribution in [2.24, 2.45) is 0 Å². The maximum absolute atomic E-state index is 13.5. The van der Waals surface area contributed by atoms with E-state index in [9.17, 15) is 17.8 Å². The van der Waals surface area contributed by atoms with E-state index in [-0.39, 0.29) is 17.5 Å². The number of rotatable bonds is 5. The van der Waals surface area contributed by atoms with E-state index in [0.717, 1.165) is 17.2 Å². The number of nitrogens with zero attached hydrogens (tertiary/aromatic N) is 4. The Morgan fingerprint density at radius 2 is 1.59 bits per heavy atom. The number of anilines is 2. The van der Waals surface area contributed by atoms with Crippen LogP contribution in [-0.4, -0.2) is 67.2 Å². The Labute approximate surface area is 198 Å². The topological polar surface area (TPSA) is 70.5 Å². The lowest BCUT2D eigenvalue weighted by atomic mass is 10.1. The minimum absolute atomic E-state index is 0.0262. The second-order valence-corrected chi connectivity index (χ2v) is 10.2. The van der Waals surface area contributed by atoms with Crippen LogP contribution in [0.5, 0.6) is 0 Å². The Morgan fingerprint density at radius 3 is 2.26 bits per heavy atom. The molecular formula is C24H25F2N5O2S. The van der Waals surface area contributed by atoms with Gasteiger partial charge in [0.25, 0.3) is 0 Å². The largest absolute Gasteiger partial charge is 0.340 e. The number of fused-ring (bicyclic) bond motifs is 1. The number of carbonyl (C=O) groups excluding carboxylic acids is 1. The van der Waals surface area contributed by atoms with E-state index in [1.807, 2.05) is 4.57 Å². The average molecular weight is 486 g/mol. The first kappa shape index (κ1) is 22.7. The van der Waals surface area contributed by atoms with E-state index >= 15 is 0 Å². The number of hydrogen-bond donors (Lipinski definition) is 1. The van der Waals surface area contributed by atoms with Gasteiger partial charge in [-0.1, -0.05) is 0 Å². The predicted molar refractivity (Wildman–Crippen MR) is 127 cm³/mol. The number of nitrogens with one attached hydrogen (secondary N) is 1. The number of hydrogen-bond acceptors (Lipinski definition) is 5. The summed E-state index contributed by atoms with van der Waals surface area (Å²) in [7, 11) is -0.779. The lowest BCUT2D eigenvalue weighted by Gasteiger charge is -2.32. The van der Waals surface area contributed by atoms with Crippen molar-refractivity contribution in [2.45, 2.75) is 13.1 Å². The van der Waals surface area contributed by atoms with Crippen LogP contribution >= 0.6 is 0 Å². The van der Waals surface area contributed by atoms with Crippen molar-refractivity contribution in [3.05, 3.63) is 66.0 Å². The van der Waals surface area contributed by atoms with E-state index in [2.05, 4.69) is 10.2 Å². The molecule has 5 rings (SSSR count). The first-order valence-electron chi connectivity index (χ1n) is 11.2. The molecule has 0 radical (unpaired) electrons. The zero-order valence-corrected chi connectivity index (χ0v) is 19.4. The summed E-state index contributed by atoms with van der Waals surface area (Å²) in [6.07, 6.45) is 0. The monoisotopic (exact) mass is 485 g/mol. The normalized spacial score (nSPS) is 16.9. The van der Waals surface area contributed by atoms with Gasteiger partial charge < -0.3 is 14.8 Å². The quantitative estimate of drug-likeness (QED) is 0.602. The van der Waals surface area contributed by atoms with Crippen LogP contribution in [-0.2, 0) is 28.7 Å². The molecule has 3 aromatic rings. The molecule has 1 N–H and O–H groups in total. The molecule has 3 heterocycles. The van der Waals surface area contributed by atoms with Gasteiger partial charge in [-0.2, -0.15) is 0 Å². The maximum atomic E-state index is 13.5. The lowest BCUT2D eigenvalue weighted by molar-refractivity contribution is -0.133. The van der Waals surface area contributed by atoms with E-state index in [4.69, 9.17) is 4.98 Å². The highest BCUT2D eigenvalue weighted by Crippen LogP contribution is 2.33. The summed E-state index contributed by atoms with van der Waals surface area (Å²) >= 11 is 0. The summed E-state index contributed by atoms with van der Waals surface area (Å²) in [6.45, 7) is 3.08. The van der Waals surface area contributed by atoms with Gasteiger partial charge in [-0.05, 0) is 48.5 Å². The van der Waals surface area contributed by atoms with Crippen LogP contribution < -0.4 is 5.32 Å². The Balaban J connectivity index is 1.40. The molecule has 7 nitrogen and oxygen atoms in total. The molecule has 0 unspecified atom stereocenters. The highest BCUT2D eigenvalue weighted by molar-refractivity contribution is 7.85. The summed E-state index contributed by atoms with van der Waals surface area (Å²) in [4.78, 5) is 21.6. The third kappa shape index (κ3) is 4.88. The lowest BCUT2D eigenvalue weighted by Crippen LogP contribution is -2.47. The van der Waals surface area contributed by atoms with E-state index < -0.39 is 10.8 Å². The van der Waals surface area contributed by atoms with Crippen LogP contribution in [0.3, 0.4) is 0 Å². The van der Waals surface area contributed by atoms with Gasteiger partial charge in [0.2, 0.25) is 5.91 Å². The van der Waals surface area contributed by atoms with Crippen LogP contribution in [0.2, 0.25) is 0 Å². The third-order valence-corrected chi connectivity index (χ3v) is 7.45. The fourth-order valence-electron chi connectivity index (χ4n) is 4.27. The Hall–Kier alpha value is -3.11. The highest BCUT2D eigenvalue weighted by Gasteiger charge is 2.28. The summed E-state index contributed by atoms with van der Waals surface area (Å²) < 4.78 is 40.5. The van der Waals surface area contributed by atoms with Crippen LogP contribution in [0.4, 0.5) is 20.3 Å². The number of imidazole rings is 1. The average Bonchev–Trinajstić information content (AvgIpc) is 3.20. The zero-order chi connectivity index (χ0) is 23.7. The molecule has 2 aliphatic rings. The molecule has 1 fully saturated rings. The first-order valence-corrected chi connectivity index (χ1v) is 12.7. The number of carbonyl (C=O) groups is 1. The molecule has 0 bridgehead atoms. The molecule has 0 atom stereocenters. The van der Waals surface area contributed by atoms with Gasteiger partial charge in [-0.25, -0.2) is 13.8 Å². The minimum Gasteiger partial charge on any atom is -0.340 e. The van der Waals surface area contributed by atoms with Crippen LogP contribution in [0.25, 0.3) is 11.3 Å². The Kier molecular flexibility index (Phi) is 6.42. The van der Waals surface area contributed by atoms with Crippen molar-refractivity contribution in [3.63, 3.8) is 0 Å². The highest BCUT2D eigenvalue weighted by atomic mass is 32.2. The number of halogens is 2. The molecule has 34 heavy (non-hydrogen) atoms. The molecule has 2 aliphatic heterocycles. The van der Waals surface area contributed by atoms with Gasteiger partial charge in [0, 0.05) is 59.7 Å². The fourth-order valence-corrected chi connectivity index (χ4v) is 5.40. The first-order chi connectivity index (χ1) is 16.5. The predicted octanol–water partition coefficient (Wildman–Crippen LogP) is 2.98. The molecule has 0 saturated carbocycles. The summed E-state index contributed by atoms with van der Waals surface area (Å²) in [5, 5.41) is 3.33. The molecule has 178 valence electrons. The second-order valence-electron chi connectivity index (χ2n) is 8.46. The van der Waals surface area contributed by atoms with Crippen LogP contribution in [0.15, 0.2) is 48.5 Å².